The zero-order valence-corrected chi connectivity index (χ0v) is 11.9. The maximum Gasteiger partial charge on any atom is 0.330 e. The Morgan fingerprint density at radius 1 is 1.48 bits per heavy atom. The van der Waals surface area contributed by atoms with Gasteiger partial charge >= 0.3 is 5.69 Å². The summed E-state index contributed by atoms with van der Waals surface area (Å²) in [6.07, 6.45) is 5.50. The second-order valence-electron chi connectivity index (χ2n) is 4.67. The topological polar surface area (TPSA) is 82.5 Å². The Labute approximate surface area is 121 Å². The molecule has 1 aliphatic heterocycles. The molecule has 1 aliphatic rings. The van der Waals surface area contributed by atoms with Crippen LogP contribution in [-0.2, 0) is 14.2 Å². The van der Waals surface area contributed by atoms with Crippen molar-refractivity contribution in [2.75, 3.05) is 13.7 Å². The average Bonchev–Trinajstić information content (AvgIpc) is 2.82. The van der Waals surface area contributed by atoms with E-state index in [1.807, 2.05) is 6.92 Å². The third-order valence-corrected chi connectivity index (χ3v) is 3.44. The summed E-state index contributed by atoms with van der Waals surface area (Å²) >= 11 is 0. The van der Waals surface area contributed by atoms with Crippen LogP contribution in [0.1, 0.15) is 19.6 Å². The Morgan fingerprint density at radius 3 is 2.81 bits per heavy atom. The molecule has 1 aromatic heterocycles. The smallest absolute Gasteiger partial charge is 0.330 e. The van der Waals surface area contributed by atoms with E-state index >= 15 is 0 Å². The molecular formula is C14H18N2O5. The molecule has 0 aromatic carbocycles. The van der Waals surface area contributed by atoms with E-state index in [1.165, 1.54) is 23.9 Å². The number of hydrogen-bond acceptors (Lipinski definition) is 5. The van der Waals surface area contributed by atoms with Crippen LogP contribution >= 0.6 is 0 Å². The van der Waals surface area contributed by atoms with Gasteiger partial charge in [0, 0.05) is 19.4 Å². The van der Waals surface area contributed by atoms with Crippen molar-refractivity contribution >= 4 is 0 Å². The summed E-state index contributed by atoms with van der Waals surface area (Å²) in [4.78, 5) is 25.2. The molecule has 114 valence electrons. The summed E-state index contributed by atoms with van der Waals surface area (Å²) < 4.78 is 18.2. The van der Waals surface area contributed by atoms with Crippen molar-refractivity contribution in [1.29, 1.82) is 0 Å². The van der Waals surface area contributed by atoms with E-state index in [4.69, 9.17) is 20.6 Å². The fourth-order valence-electron chi connectivity index (χ4n) is 2.48. The fourth-order valence-corrected chi connectivity index (χ4v) is 2.48. The van der Waals surface area contributed by atoms with E-state index < -0.39 is 23.6 Å². The van der Waals surface area contributed by atoms with Crippen molar-refractivity contribution in [3.8, 4) is 12.3 Å². The normalized spacial score (nSPS) is 28.4. The molecule has 7 heteroatoms. The summed E-state index contributed by atoms with van der Waals surface area (Å²) in [7, 11) is 1.52. The lowest BCUT2D eigenvalue weighted by atomic mass is 10.1. The molecule has 1 saturated heterocycles. The molecule has 2 heterocycles. The van der Waals surface area contributed by atoms with Gasteiger partial charge in [-0.1, -0.05) is 12.8 Å². The molecule has 21 heavy (non-hydrogen) atoms. The van der Waals surface area contributed by atoms with Gasteiger partial charge in [-0.15, -0.1) is 6.42 Å². The molecule has 7 nitrogen and oxygen atoms in total. The van der Waals surface area contributed by atoms with E-state index in [9.17, 15) is 9.59 Å². The van der Waals surface area contributed by atoms with Gasteiger partial charge in [-0.3, -0.25) is 14.3 Å². The summed E-state index contributed by atoms with van der Waals surface area (Å²) in [5.41, 5.74) is -1.02. The molecule has 2 rings (SSSR count). The predicted molar refractivity (Wildman–Crippen MR) is 74.9 cm³/mol. The van der Waals surface area contributed by atoms with Crippen molar-refractivity contribution < 1.29 is 14.2 Å². The van der Waals surface area contributed by atoms with Gasteiger partial charge in [0.1, 0.15) is 18.8 Å². The van der Waals surface area contributed by atoms with E-state index in [-0.39, 0.29) is 18.8 Å². The lowest BCUT2D eigenvalue weighted by Gasteiger charge is -2.22. The molecule has 1 N–H and O–H groups in total. The molecule has 1 fully saturated rings. The molecule has 0 bridgehead atoms. The van der Waals surface area contributed by atoms with E-state index in [1.54, 1.807) is 0 Å². The maximum atomic E-state index is 11.9. The summed E-state index contributed by atoms with van der Waals surface area (Å²) in [6, 6.07) is 1.26. The highest BCUT2D eigenvalue weighted by molar-refractivity contribution is 4.95. The first-order valence-electron chi connectivity index (χ1n) is 6.67. The molecule has 0 saturated carbocycles. The summed E-state index contributed by atoms with van der Waals surface area (Å²) in [5.74, 6) is 2.41. The fraction of sp³-hybridized carbons (Fsp3) is 0.571. The number of aromatic nitrogens is 2. The lowest BCUT2D eigenvalue weighted by molar-refractivity contribution is -0.0577. The lowest BCUT2D eigenvalue weighted by Crippen LogP contribution is -2.39. The molecule has 4 atom stereocenters. The van der Waals surface area contributed by atoms with Crippen LogP contribution in [0, 0.1) is 12.3 Å². The molecular weight excluding hydrogens is 276 g/mol. The molecule has 0 radical (unpaired) electrons. The summed E-state index contributed by atoms with van der Waals surface area (Å²) in [6.45, 7) is 2.08. The second-order valence-corrected chi connectivity index (χ2v) is 4.67. The van der Waals surface area contributed by atoms with Gasteiger partial charge in [-0.25, -0.2) is 4.79 Å². The van der Waals surface area contributed by atoms with E-state index in [0.717, 1.165) is 0 Å². The molecule has 0 amide bonds. The largest absolute Gasteiger partial charge is 0.374 e. The van der Waals surface area contributed by atoms with Crippen LogP contribution in [0.3, 0.4) is 0 Å². The number of H-pyrrole nitrogens is 1. The Kier molecular flexibility index (Phi) is 4.96. The van der Waals surface area contributed by atoms with E-state index in [0.29, 0.717) is 6.42 Å². The summed E-state index contributed by atoms with van der Waals surface area (Å²) in [5, 5.41) is 0. The Balaban J connectivity index is 2.33. The minimum absolute atomic E-state index is 0.137. The minimum atomic E-state index is -0.674. The standard InChI is InChI=1S/C14H18N2O5/c1-4-8-20-11-9(5-2)21-13(12(11)19-3)16-7-6-10(17)15-14(16)18/h1,6-7,9,11-13H,5,8H2,2-3H3,(H,15,17,18)/t9-,11+,12?,13-/m1/s1. The Bertz CT molecular complexity index is 629. The second kappa shape index (κ2) is 6.72. The van der Waals surface area contributed by atoms with Crippen LogP contribution in [0.25, 0.3) is 0 Å². The molecule has 0 aliphatic carbocycles. The highest BCUT2D eigenvalue weighted by Gasteiger charge is 2.46. The van der Waals surface area contributed by atoms with Crippen molar-refractivity contribution in [3.05, 3.63) is 33.1 Å². The van der Waals surface area contributed by atoms with Crippen molar-refractivity contribution in [3.63, 3.8) is 0 Å². The number of aromatic amines is 1. The predicted octanol–water partition coefficient (Wildman–Crippen LogP) is -0.123. The third-order valence-electron chi connectivity index (χ3n) is 3.44. The first-order valence-corrected chi connectivity index (χ1v) is 6.67. The number of terminal acetylenes is 1. The zero-order valence-electron chi connectivity index (χ0n) is 11.9. The van der Waals surface area contributed by atoms with Crippen LogP contribution in [0.2, 0.25) is 0 Å². The van der Waals surface area contributed by atoms with E-state index in [2.05, 4.69) is 10.9 Å². The molecule has 1 aromatic rings. The minimum Gasteiger partial charge on any atom is -0.374 e. The highest BCUT2D eigenvalue weighted by Crippen LogP contribution is 2.33. The first-order chi connectivity index (χ1) is 10.1. The van der Waals surface area contributed by atoms with Crippen molar-refractivity contribution in [2.24, 2.45) is 0 Å². The van der Waals surface area contributed by atoms with Crippen LogP contribution in [-0.4, -0.2) is 41.6 Å². The number of methoxy groups -OCH3 is 1. The number of nitrogens with one attached hydrogen (secondary N) is 1. The third kappa shape index (κ3) is 3.08. The SMILES string of the molecule is C#CCO[C@@H]1C(OC)[C@H](n2ccc(=O)[nH]c2=O)O[C@@H]1CC. The van der Waals surface area contributed by atoms with Crippen LogP contribution in [0.5, 0.6) is 0 Å². The quantitative estimate of drug-likeness (QED) is 0.765. The van der Waals surface area contributed by atoms with Gasteiger partial charge in [0.2, 0.25) is 0 Å². The Hall–Kier alpha value is -1.88. The van der Waals surface area contributed by atoms with Crippen molar-refractivity contribution in [1.82, 2.24) is 9.55 Å². The number of hydrogen-bond donors (Lipinski definition) is 1. The number of rotatable bonds is 5. The van der Waals surface area contributed by atoms with Crippen molar-refractivity contribution in [2.45, 2.75) is 37.9 Å². The van der Waals surface area contributed by atoms with Gasteiger partial charge in [-0.05, 0) is 6.42 Å². The maximum absolute atomic E-state index is 11.9. The first kappa shape index (κ1) is 15.5. The number of nitrogens with zero attached hydrogens (tertiary/aromatic N) is 1. The van der Waals surface area contributed by atoms with Crippen LogP contribution in [0.15, 0.2) is 21.9 Å². The van der Waals surface area contributed by atoms with Gasteiger partial charge < -0.3 is 14.2 Å². The van der Waals surface area contributed by atoms with Gasteiger partial charge in [0.25, 0.3) is 5.56 Å². The van der Waals surface area contributed by atoms with Gasteiger partial charge in [0.15, 0.2) is 6.23 Å². The molecule has 0 spiro atoms. The molecule has 1 unspecified atom stereocenters. The number of ether oxygens (including phenoxy) is 3. The van der Waals surface area contributed by atoms with Crippen LogP contribution in [0.4, 0.5) is 0 Å². The Morgan fingerprint density at radius 2 is 2.24 bits per heavy atom. The van der Waals surface area contributed by atoms with Crippen LogP contribution < -0.4 is 11.2 Å². The van der Waals surface area contributed by atoms with Gasteiger partial charge in [0.05, 0.1) is 6.10 Å². The van der Waals surface area contributed by atoms with Gasteiger partial charge in [-0.2, -0.15) is 0 Å². The highest BCUT2D eigenvalue weighted by atomic mass is 16.6. The average molecular weight is 294 g/mol. The monoisotopic (exact) mass is 294 g/mol. The zero-order chi connectivity index (χ0) is 15.4.